The summed E-state index contributed by atoms with van der Waals surface area (Å²) in [6, 6.07) is 0. The molecule has 0 aromatic carbocycles. The number of hydrogen-bond acceptors (Lipinski definition) is 0. The van der Waals surface area contributed by atoms with E-state index in [0.717, 1.165) is 0 Å². The fourth-order valence-corrected chi connectivity index (χ4v) is 0. The van der Waals surface area contributed by atoms with Crippen LogP contribution in [-0.2, 0) is 21.1 Å². The standard InChI is InChI=1S/4As2H.Mo/c4*1-2;/h4*1H;/q4*-1;+4. The zero-order valence-electron chi connectivity index (χ0n) is 4.20. The summed E-state index contributed by atoms with van der Waals surface area (Å²) in [5.74, 6) is 0. The Morgan fingerprint density at radius 1 is 0.444 bits per heavy atom. The maximum absolute atomic E-state index is 2.31. The summed E-state index contributed by atoms with van der Waals surface area (Å²) < 4.78 is 0. The fraction of sp³-hybridized carbons (Fsp3) is 0. The second kappa shape index (κ2) is 73.1. The van der Waals surface area contributed by atoms with Crippen LogP contribution in [-0.4, -0.2) is 114 Å². The normalized spacial score (nSPS) is 1.78. The molecule has 0 aromatic rings. The summed E-state index contributed by atoms with van der Waals surface area (Å²) >= 11 is 17.0. The summed E-state index contributed by atoms with van der Waals surface area (Å²) in [6.07, 6.45) is 0. The maximum Gasteiger partial charge on any atom is 4.00 e. The van der Waals surface area contributed by atoms with Crippen LogP contribution in [0.15, 0.2) is 0 Å². The van der Waals surface area contributed by atoms with Crippen LogP contribution in [0, 0.1) is 0 Å². The Hall–Kier alpha value is 5.16. The molecular weight excluding hydrogens is 695 g/mol. The second-order valence-corrected chi connectivity index (χ2v) is 0. The van der Waals surface area contributed by atoms with Gasteiger partial charge in [-0.3, -0.25) is 0 Å². The van der Waals surface area contributed by atoms with Gasteiger partial charge in [-0.2, -0.15) is 0 Å². The van der Waals surface area contributed by atoms with Crippen LogP contribution in [0.2, 0.25) is 0 Å². The van der Waals surface area contributed by atoms with Crippen molar-refractivity contribution in [3.8, 4) is 0 Å². The van der Waals surface area contributed by atoms with Crippen LogP contribution < -0.4 is 0 Å². The van der Waals surface area contributed by atoms with E-state index in [9.17, 15) is 0 Å². The van der Waals surface area contributed by atoms with E-state index in [-0.39, 0.29) is 21.1 Å². The Morgan fingerprint density at radius 2 is 0.444 bits per heavy atom. The number of rotatable bonds is 0. The Kier molecular flexibility index (Phi) is 237. The Morgan fingerprint density at radius 3 is 0.444 bits per heavy atom. The van der Waals surface area contributed by atoms with Crippen LogP contribution in [0.1, 0.15) is 0 Å². The van der Waals surface area contributed by atoms with Crippen molar-refractivity contribution in [3.63, 3.8) is 0 Å². The van der Waals surface area contributed by atoms with Crippen molar-refractivity contribution < 1.29 is 21.1 Å². The van der Waals surface area contributed by atoms with E-state index in [1.165, 1.54) is 0 Å². The summed E-state index contributed by atoms with van der Waals surface area (Å²) in [6.45, 7) is 0. The smallest absolute Gasteiger partial charge is 4.00 e. The summed E-state index contributed by atoms with van der Waals surface area (Å²) in [5, 5.41) is 0. The van der Waals surface area contributed by atoms with Gasteiger partial charge in [0.2, 0.25) is 0 Å². The third-order valence-electron chi connectivity index (χ3n) is 0. The van der Waals surface area contributed by atoms with E-state index in [0.29, 0.717) is 0 Å². The van der Waals surface area contributed by atoms with Crippen molar-refractivity contribution in [3.05, 3.63) is 0 Å². The topological polar surface area (TPSA) is 0 Å². The third-order valence-corrected chi connectivity index (χ3v) is 0. The molecule has 0 aromatic heterocycles. The first-order valence-electron chi connectivity index (χ1n) is 0.894. The molecule has 0 nitrogen and oxygen atoms in total. The van der Waals surface area contributed by atoms with Crippen molar-refractivity contribution in [1.29, 1.82) is 0 Å². The maximum atomic E-state index is 2.31. The van der Waals surface area contributed by atoms with E-state index < -0.39 is 0 Å². The van der Waals surface area contributed by atoms with Crippen molar-refractivity contribution in [1.82, 2.24) is 0 Å². The first-order chi connectivity index (χ1) is 4.00. The van der Waals surface area contributed by atoms with Gasteiger partial charge >= 0.3 is 135 Å². The molecule has 0 aliphatic heterocycles. The summed E-state index contributed by atoms with van der Waals surface area (Å²) in [7, 11) is 0. The molecule has 0 radical (unpaired) electrons. The molecule has 0 fully saturated rings. The van der Waals surface area contributed by atoms with Gasteiger partial charge in [0, 0.05) is 0 Å². The predicted molar refractivity (Wildman–Crippen MR) is 51.6 cm³/mol. The van der Waals surface area contributed by atoms with E-state index in [4.69, 9.17) is 0 Å². The minimum absolute atomic E-state index is 0. The fourth-order valence-electron chi connectivity index (χ4n) is 0. The van der Waals surface area contributed by atoms with Gasteiger partial charge < -0.3 is 0 Å². The van der Waals surface area contributed by atoms with Crippen LogP contribution >= 0.6 is 0 Å². The van der Waals surface area contributed by atoms with Crippen molar-refractivity contribution >= 4 is 114 Å². The van der Waals surface area contributed by atoms with Gasteiger partial charge in [-0.25, -0.2) is 0 Å². The third kappa shape index (κ3) is 61.6. The molecule has 50 valence electrons. The molecule has 0 aliphatic carbocycles. The first kappa shape index (κ1) is 29.2. The molecule has 0 atom stereocenters. The van der Waals surface area contributed by atoms with Gasteiger partial charge in [-0.15, -0.1) is 0 Å². The summed E-state index contributed by atoms with van der Waals surface area (Å²) in [5.41, 5.74) is 0. The largest absolute Gasteiger partial charge is 4.00 e. The van der Waals surface area contributed by atoms with Gasteiger partial charge in [0.1, 0.15) is 0 Å². The van der Waals surface area contributed by atoms with Crippen molar-refractivity contribution in [2.75, 3.05) is 0 Å². The van der Waals surface area contributed by atoms with Crippen LogP contribution in [0.3, 0.4) is 0 Å². The molecule has 9 heavy (non-hydrogen) atoms. The molecule has 0 saturated heterocycles. The van der Waals surface area contributed by atoms with E-state index >= 15 is 0 Å². The molecule has 0 N–H and O–H groups in total. The minimum atomic E-state index is 0. The first-order valence-corrected chi connectivity index (χ1v) is 24.1. The van der Waals surface area contributed by atoms with Crippen LogP contribution in [0.25, 0.3) is 0 Å². The molecule has 0 spiro atoms. The van der Waals surface area contributed by atoms with Crippen LogP contribution in [0.5, 0.6) is 0 Å². The zero-order chi connectivity index (χ0) is 8.00. The quantitative estimate of drug-likeness (QED) is 0.226. The Balaban J connectivity index is -0.00000000762. The van der Waals surface area contributed by atoms with E-state index in [2.05, 4.69) is 57.0 Å². The average Bonchev–Trinajstić information content (AvgIpc) is 2.03. The van der Waals surface area contributed by atoms with Crippen LogP contribution in [0.4, 0.5) is 0 Å². The summed E-state index contributed by atoms with van der Waals surface area (Å²) in [4.78, 5) is 0. The van der Waals surface area contributed by atoms with E-state index in [1.807, 2.05) is 57.0 Å². The Labute approximate surface area is 132 Å². The van der Waals surface area contributed by atoms with Gasteiger partial charge in [-0.1, -0.05) is 0 Å². The van der Waals surface area contributed by atoms with Crippen molar-refractivity contribution in [2.45, 2.75) is 0 Å². The molecule has 0 rings (SSSR count). The minimum Gasteiger partial charge on any atom is 4.00 e. The molecule has 0 aliphatic rings. The molecule has 0 saturated carbocycles. The zero-order valence-corrected chi connectivity index (χ0v) is 22.1. The molecule has 9 heteroatoms. The molecule has 0 unspecified atom stereocenters. The van der Waals surface area contributed by atoms with Gasteiger partial charge in [-0.05, 0) is 0 Å². The molecule has 0 bridgehead atoms. The predicted octanol–water partition coefficient (Wildman–Crippen LogP) is -4.12. The monoisotopic (exact) mass is 701 g/mol. The van der Waals surface area contributed by atoms with Gasteiger partial charge in [0.25, 0.3) is 0 Å². The Bertz CT molecular complexity index is 12.5. The molecule has 0 amide bonds. The van der Waals surface area contributed by atoms with E-state index in [1.54, 1.807) is 0 Å². The SMILES string of the molecule is [As-]=[AsH].[As-]=[AsH].[As-]=[AsH].[As-]=[AsH].[Mo+4]. The molecular formula is H4As8Mo. The van der Waals surface area contributed by atoms with Gasteiger partial charge in [0.15, 0.2) is 0 Å². The van der Waals surface area contributed by atoms with Crippen molar-refractivity contribution in [2.24, 2.45) is 0 Å². The second-order valence-electron chi connectivity index (χ2n) is 0. The number of hydrogen-bond donors (Lipinski definition) is 0. The molecule has 0 heterocycles. The average molecular weight is 699 g/mol. The van der Waals surface area contributed by atoms with Gasteiger partial charge in [0.05, 0.1) is 0 Å².